The van der Waals surface area contributed by atoms with Crippen molar-refractivity contribution in [1.82, 2.24) is 15.5 Å². The highest BCUT2D eigenvalue weighted by Crippen LogP contribution is 2.17. The van der Waals surface area contributed by atoms with E-state index in [1.54, 1.807) is 18.4 Å². The zero-order valence-corrected chi connectivity index (χ0v) is 14.2. The third kappa shape index (κ3) is 4.69. The number of amides is 1. The van der Waals surface area contributed by atoms with Gasteiger partial charge in [-0.15, -0.1) is 0 Å². The third-order valence-corrected chi connectivity index (χ3v) is 3.42. The van der Waals surface area contributed by atoms with Crippen LogP contribution in [-0.4, -0.2) is 22.1 Å². The van der Waals surface area contributed by atoms with E-state index in [9.17, 15) is 4.79 Å². The molecule has 7 heteroatoms. The molecule has 130 valence electrons. The number of nitrogens with one attached hydrogen (secondary N) is 2. The van der Waals surface area contributed by atoms with Crippen molar-refractivity contribution < 1.29 is 13.7 Å². The lowest BCUT2D eigenvalue weighted by atomic mass is 10.1. The van der Waals surface area contributed by atoms with Gasteiger partial charge in [0.2, 0.25) is 17.6 Å². The summed E-state index contributed by atoms with van der Waals surface area (Å²) in [5, 5.41) is 9.96. The molecule has 0 fully saturated rings. The van der Waals surface area contributed by atoms with Crippen LogP contribution in [0.2, 0.25) is 0 Å². The lowest BCUT2D eigenvalue weighted by Gasteiger charge is -2.09. The fourth-order valence-corrected chi connectivity index (χ4v) is 2.31. The third-order valence-electron chi connectivity index (χ3n) is 3.42. The highest BCUT2D eigenvalue weighted by atomic mass is 16.5. The number of hydrogen-bond donors (Lipinski definition) is 2. The molecule has 3 rings (SSSR count). The number of furan rings is 1. The second-order valence-electron chi connectivity index (χ2n) is 5.94. The lowest BCUT2D eigenvalue weighted by molar-refractivity contribution is -0.120. The Morgan fingerprint density at radius 1 is 1.20 bits per heavy atom. The van der Waals surface area contributed by atoms with Gasteiger partial charge < -0.3 is 19.6 Å². The Hall–Kier alpha value is -3.09. The van der Waals surface area contributed by atoms with E-state index >= 15 is 0 Å². The molecule has 1 aromatic carbocycles. The molecule has 0 aliphatic heterocycles. The number of rotatable bonds is 7. The predicted molar refractivity (Wildman–Crippen MR) is 92.8 cm³/mol. The minimum Gasteiger partial charge on any atom is -0.461 e. The first kappa shape index (κ1) is 16.8. The number of nitrogens with zero attached hydrogens (tertiary/aromatic N) is 2. The van der Waals surface area contributed by atoms with Gasteiger partial charge in [-0.2, -0.15) is 4.98 Å². The van der Waals surface area contributed by atoms with E-state index in [1.165, 1.54) is 0 Å². The van der Waals surface area contributed by atoms with Crippen molar-refractivity contribution in [3.8, 4) is 11.6 Å². The van der Waals surface area contributed by atoms with E-state index in [0.717, 1.165) is 11.3 Å². The van der Waals surface area contributed by atoms with E-state index < -0.39 is 0 Å². The van der Waals surface area contributed by atoms with Gasteiger partial charge >= 0.3 is 0 Å². The molecule has 0 bridgehead atoms. The van der Waals surface area contributed by atoms with Crippen LogP contribution in [0.1, 0.15) is 25.3 Å². The fourth-order valence-electron chi connectivity index (χ4n) is 2.31. The zero-order valence-electron chi connectivity index (χ0n) is 14.2. The highest BCUT2D eigenvalue weighted by molar-refractivity contribution is 5.78. The molecule has 0 saturated heterocycles. The first-order valence-corrected chi connectivity index (χ1v) is 8.09. The van der Waals surface area contributed by atoms with Crippen LogP contribution in [0.3, 0.4) is 0 Å². The maximum atomic E-state index is 11.8. The van der Waals surface area contributed by atoms with Gasteiger partial charge in [-0.1, -0.05) is 17.3 Å². The van der Waals surface area contributed by atoms with E-state index in [4.69, 9.17) is 8.94 Å². The molecule has 0 aliphatic carbocycles. The largest absolute Gasteiger partial charge is 0.461 e. The summed E-state index contributed by atoms with van der Waals surface area (Å²) in [5.41, 5.74) is 1.87. The van der Waals surface area contributed by atoms with Gasteiger partial charge in [-0.3, -0.25) is 4.79 Å². The van der Waals surface area contributed by atoms with Crippen molar-refractivity contribution in [2.45, 2.75) is 32.9 Å². The first-order chi connectivity index (χ1) is 12.1. The van der Waals surface area contributed by atoms with Crippen LogP contribution in [0.4, 0.5) is 5.69 Å². The number of anilines is 1. The Balaban J connectivity index is 1.53. The number of carbonyl (C=O) groups is 1. The summed E-state index contributed by atoms with van der Waals surface area (Å²) in [4.78, 5) is 16.0. The average Bonchev–Trinajstić information content (AvgIpc) is 3.25. The quantitative estimate of drug-likeness (QED) is 0.687. The van der Waals surface area contributed by atoms with E-state index in [-0.39, 0.29) is 11.9 Å². The van der Waals surface area contributed by atoms with Gasteiger partial charge in [0, 0.05) is 11.7 Å². The molecule has 2 N–H and O–H groups in total. The zero-order chi connectivity index (χ0) is 17.6. The Morgan fingerprint density at radius 2 is 2.00 bits per heavy atom. The summed E-state index contributed by atoms with van der Waals surface area (Å²) in [6.07, 6.45) is 1.93. The fraction of sp³-hybridized carbons (Fsp3) is 0.278. The topological polar surface area (TPSA) is 93.2 Å². The second-order valence-corrected chi connectivity index (χ2v) is 5.94. The molecule has 0 saturated carbocycles. The van der Waals surface area contributed by atoms with Crippen molar-refractivity contribution in [1.29, 1.82) is 0 Å². The van der Waals surface area contributed by atoms with Crippen LogP contribution < -0.4 is 10.6 Å². The van der Waals surface area contributed by atoms with Gasteiger partial charge in [0.15, 0.2) is 5.76 Å². The summed E-state index contributed by atoms with van der Waals surface area (Å²) in [6.45, 7) is 4.29. The summed E-state index contributed by atoms with van der Waals surface area (Å²) in [5.74, 6) is 1.48. The summed E-state index contributed by atoms with van der Waals surface area (Å²) < 4.78 is 10.4. The van der Waals surface area contributed by atoms with Crippen molar-refractivity contribution in [3.05, 3.63) is 54.1 Å². The Kier molecular flexibility index (Phi) is 5.13. The normalized spacial score (nSPS) is 10.8. The standard InChI is InChI=1S/C18H20N4O3/c1-12(2)20-16(23)10-13-5-7-14(8-6-13)19-11-17-21-18(22-25-17)15-4-3-9-24-15/h3-9,12,19H,10-11H2,1-2H3,(H,20,23). The van der Waals surface area contributed by atoms with Crippen molar-refractivity contribution in [2.24, 2.45) is 0 Å². The molecule has 2 aromatic heterocycles. The lowest BCUT2D eigenvalue weighted by Crippen LogP contribution is -2.31. The molecular formula is C18H20N4O3. The Bertz CT molecular complexity index is 807. The van der Waals surface area contributed by atoms with E-state index in [1.807, 2.05) is 38.1 Å². The Morgan fingerprint density at radius 3 is 2.68 bits per heavy atom. The van der Waals surface area contributed by atoms with Crippen LogP contribution in [0.5, 0.6) is 0 Å². The molecule has 7 nitrogen and oxygen atoms in total. The highest BCUT2D eigenvalue weighted by Gasteiger charge is 2.10. The molecule has 0 aliphatic rings. The number of carbonyl (C=O) groups excluding carboxylic acids is 1. The minimum atomic E-state index is 0.0204. The first-order valence-electron chi connectivity index (χ1n) is 8.09. The average molecular weight is 340 g/mol. The smallest absolute Gasteiger partial charge is 0.246 e. The Labute approximate surface area is 145 Å². The molecule has 2 heterocycles. The number of aromatic nitrogens is 2. The summed E-state index contributed by atoms with van der Waals surface area (Å²) >= 11 is 0. The van der Waals surface area contributed by atoms with Gasteiger partial charge in [0.05, 0.1) is 19.2 Å². The van der Waals surface area contributed by atoms with Gasteiger partial charge in [-0.25, -0.2) is 0 Å². The molecule has 25 heavy (non-hydrogen) atoms. The van der Waals surface area contributed by atoms with Gasteiger partial charge in [-0.05, 0) is 43.7 Å². The predicted octanol–water partition coefficient (Wildman–Crippen LogP) is 3.01. The molecule has 3 aromatic rings. The molecule has 0 spiro atoms. The van der Waals surface area contributed by atoms with Crippen molar-refractivity contribution in [3.63, 3.8) is 0 Å². The molecule has 1 amide bonds. The van der Waals surface area contributed by atoms with Crippen LogP contribution in [-0.2, 0) is 17.8 Å². The number of benzene rings is 1. The monoisotopic (exact) mass is 340 g/mol. The van der Waals surface area contributed by atoms with Gasteiger partial charge in [0.1, 0.15) is 0 Å². The van der Waals surface area contributed by atoms with Crippen LogP contribution in [0.15, 0.2) is 51.6 Å². The molecule has 0 unspecified atom stereocenters. The van der Waals surface area contributed by atoms with Crippen LogP contribution in [0.25, 0.3) is 11.6 Å². The SMILES string of the molecule is CC(C)NC(=O)Cc1ccc(NCc2nc(-c3ccco3)no2)cc1. The van der Waals surface area contributed by atoms with E-state index in [0.29, 0.717) is 30.4 Å². The maximum absolute atomic E-state index is 11.8. The number of hydrogen-bond acceptors (Lipinski definition) is 6. The summed E-state index contributed by atoms with van der Waals surface area (Å²) in [6, 6.07) is 11.4. The van der Waals surface area contributed by atoms with Crippen molar-refractivity contribution >= 4 is 11.6 Å². The molecule has 0 radical (unpaired) electrons. The molecular weight excluding hydrogens is 320 g/mol. The minimum absolute atomic E-state index is 0.0204. The van der Waals surface area contributed by atoms with Crippen molar-refractivity contribution in [2.75, 3.05) is 5.32 Å². The van der Waals surface area contributed by atoms with E-state index in [2.05, 4.69) is 20.8 Å². The van der Waals surface area contributed by atoms with Crippen LogP contribution >= 0.6 is 0 Å². The molecule has 0 atom stereocenters. The van der Waals surface area contributed by atoms with Crippen LogP contribution in [0, 0.1) is 0 Å². The summed E-state index contributed by atoms with van der Waals surface area (Å²) in [7, 11) is 0. The second kappa shape index (κ2) is 7.65. The van der Waals surface area contributed by atoms with Gasteiger partial charge in [0.25, 0.3) is 0 Å². The maximum Gasteiger partial charge on any atom is 0.246 e.